The number of nitrogens with zero attached hydrogens (tertiary/aromatic N) is 2. The van der Waals surface area contributed by atoms with Crippen molar-refractivity contribution < 1.29 is 19.4 Å². The number of aliphatic hydroxyl groups excluding tert-OH is 1. The molecule has 0 aliphatic carbocycles. The van der Waals surface area contributed by atoms with E-state index < -0.39 is 6.10 Å². The predicted molar refractivity (Wildman–Crippen MR) is 88.2 cm³/mol. The summed E-state index contributed by atoms with van der Waals surface area (Å²) in [5, 5.41) is 12.9. The molecule has 0 bridgehead atoms. The van der Waals surface area contributed by atoms with E-state index in [0.717, 1.165) is 0 Å². The van der Waals surface area contributed by atoms with Gasteiger partial charge in [-0.25, -0.2) is 9.97 Å². The van der Waals surface area contributed by atoms with Crippen LogP contribution in [0.5, 0.6) is 11.5 Å². The first kappa shape index (κ1) is 17.7. The first-order chi connectivity index (χ1) is 11.6. The Morgan fingerprint density at radius 2 is 1.88 bits per heavy atom. The Labute approximate surface area is 140 Å². The minimum Gasteiger partial charge on any atom is -0.493 e. The van der Waals surface area contributed by atoms with Crippen molar-refractivity contribution in [1.29, 1.82) is 0 Å². The number of hydrogen-bond acceptors (Lipinski definition) is 6. The summed E-state index contributed by atoms with van der Waals surface area (Å²) in [5.41, 5.74) is 0.970. The van der Waals surface area contributed by atoms with Gasteiger partial charge in [0, 0.05) is 25.4 Å². The Kier molecular flexibility index (Phi) is 6.08. The van der Waals surface area contributed by atoms with E-state index in [1.54, 1.807) is 25.3 Å². The Balaban J connectivity index is 1.99. The quantitative estimate of drug-likeness (QED) is 0.799. The van der Waals surface area contributed by atoms with Crippen LogP contribution in [0.4, 0.5) is 0 Å². The second-order valence-electron chi connectivity index (χ2n) is 5.08. The number of aryl methyl sites for hydroxylation is 1. The molecule has 7 heteroatoms. The molecule has 7 nitrogen and oxygen atoms in total. The third-order valence-electron chi connectivity index (χ3n) is 3.53. The summed E-state index contributed by atoms with van der Waals surface area (Å²) >= 11 is 0. The molecule has 24 heavy (non-hydrogen) atoms. The third-order valence-corrected chi connectivity index (χ3v) is 3.53. The van der Waals surface area contributed by atoms with Gasteiger partial charge in [0.15, 0.2) is 11.5 Å². The van der Waals surface area contributed by atoms with E-state index in [1.165, 1.54) is 19.5 Å². The highest BCUT2D eigenvalue weighted by Gasteiger charge is 2.14. The molecule has 2 aromatic rings. The second kappa shape index (κ2) is 8.26. The van der Waals surface area contributed by atoms with Crippen LogP contribution in [0.25, 0.3) is 0 Å². The number of aliphatic hydroxyl groups is 1. The first-order valence-corrected chi connectivity index (χ1v) is 7.58. The minimum absolute atomic E-state index is 0.0594. The molecule has 0 radical (unpaired) electrons. The van der Waals surface area contributed by atoms with E-state index >= 15 is 0 Å². The molecule has 1 atom stereocenters. The Morgan fingerprint density at radius 1 is 1.21 bits per heavy atom. The van der Waals surface area contributed by atoms with Gasteiger partial charge in [0.05, 0.1) is 25.9 Å². The Morgan fingerprint density at radius 3 is 2.46 bits per heavy atom. The molecular weight excluding hydrogens is 310 g/mol. The SMILES string of the molecule is CCc1ncc(C(=O)NCC(O)c2ccc(OC)c(OC)c2)cn1. The van der Waals surface area contributed by atoms with Crippen LogP contribution >= 0.6 is 0 Å². The van der Waals surface area contributed by atoms with Crippen molar-refractivity contribution in [3.05, 3.63) is 47.5 Å². The summed E-state index contributed by atoms with van der Waals surface area (Å²) < 4.78 is 10.4. The van der Waals surface area contributed by atoms with Crippen molar-refractivity contribution >= 4 is 5.91 Å². The summed E-state index contributed by atoms with van der Waals surface area (Å²) in [6.07, 6.45) is 2.79. The Bertz CT molecular complexity index is 689. The van der Waals surface area contributed by atoms with E-state index in [0.29, 0.717) is 34.9 Å². The molecule has 1 amide bonds. The molecule has 1 aromatic heterocycles. The highest BCUT2D eigenvalue weighted by molar-refractivity contribution is 5.93. The van der Waals surface area contributed by atoms with Crippen LogP contribution in [0.2, 0.25) is 0 Å². The number of methoxy groups -OCH3 is 2. The summed E-state index contributed by atoms with van der Waals surface area (Å²) in [7, 11) is 3.07. The van der Waals surface area contributed by atoms with Gasteiger partial charge in [-0.3, -0.25) is 4.79 Å². The Hall–Kier alpha value is -2.67. The lowest BCUT2D eigenvalue weighted by atomic mass is 10.1. The van der Waals surface area contributed by atoms with Crippen molar-refractivity contribution in [2.24, 2.45) is 0 Å². The number of rotatable bonds is 7. The normalized spacial score (nSPS) is 11.7. The van der Waals surface area contributed by atoms with Gasteiger partial charge in [0.2, 0.25) is 0 Å². The van der Waals surface area contributed by atoms with E-state index in [4.69, 9.17) is 9.47 Å². The fourth-order valence-corrected chi connectivity index (χ4v) is 2.12. The molecule has 128 valence electrons. The van der Waals surface area contributed by atoms with Crippen molar-refractivity contribution in [2.75, 3.05) is 20.8 Å². The van der Waals surface area contributed by atoms with E-state index in [9.17, 15) is 9.90 Å². The lowest BCUT2D eigenvalue weighted by Gasteiger charge is -2.15. The smallest absolute Gasteiger partial charge is 0.254 e. The van der Waals surface area contributed by atoms with Gasteiger partial charge in [-0.1, -0.05) is 13.0 Å². The van der Waals surface area contributed by atoms with Gasteiger partial charge in [0.1, 0.15) is 5.82 Å². The largest absolute Gasteiger partial charge is 0.493 e. The van der Waals surface area contributed by atoms with Crippen molar-refractivity contribution in [3.8, 4) is 11.5 Å². The highest BCUT2D eigenvalue weighted by atomic mass is 16.5. The van der Waals surface area contributed by atoms with Crippen molar-refractivity contribution in [1.82, 2.24) is 15.3 Å². The van der Waals surface area contributed by atoms with Crippen molar-refractivity contribution in [3.63, 3.8) is 0 Å². The van der Waals surface area contributed by atoms with Crippen LogP contribution in [0.1, 0.15) is 34.8 Å². The third kappa shape index (κ3) is 4.20. The number of amides is 1. The second-order valence-corrected chi connectivity index (χ2v) is 5.08. The number of ether oxygens (including phenoxy) is 2. The molecule has 2 rings (SSSR count). The maximum Gasteiger partial charge on any atom is 0.254 e. The van der Waals surface area contributed by atoms with E-state index in [2.05, 4.69) is 15.3 Å². The van der Waals surface area contributed by atoms with Gasteiger partial charge < -0.3 is 19.9 Å². The predicted octanol–water partition coefficient (Wildman–Crippen LogP) is 1.52. The number of benzene rings is 1. The maximum absolute atomic E-state index is 12.1. The van der Waals surface area contributed by atoms with Crippen LogP contribution in [0.15, 0.2) is 30.6 Å². The van der Waals surface area contributed by atoms with E-state index in [-0.39, 0.29) is 12.5 Å². The zero-order valence-electron chi connectivity index (χ0n) is 13.9. The molecule has 0 saturated heterocycles. The summed E-state index contributed by atoms with van der Waals surface area (Å²) in [4.78, 5) is 20.2. The van der Waals surface area contributed by atoms with Crippen LogP contribution in [0, 0.1) is 0 Å². The first-order valence-electron chi connectivity index (χ1n) is 7.58. The van der Waals surface area contributed by atoms with Gasteiger partial charge in [-0.05, 0) is 17.7 Å². The molecule has 0 aliphatic heterocycles. The van der Waals surface area contributed by atoms with Gasteiger partial charge in [0.25, 0.3) is 5.91 Å². The fraction of sp³-hybridized carbons (Fsp3) is 0.353. The molecule has 1 unspecified atom stereocenters. The minimum atomic E-state index is -0.871. The van der Waals surface area contributed by atoms with Gasteiger partial charge in [-0.2, -0.15) is 0 Å². The number of hydrogen-bond donors (Lipinski definition) is 2. The topological polar surface area (TPSA) is 93.6 Å². The van der Waals surface area contributed by atoms with E-state index in [1.807, 2.05) is 6.92 Å². The molecular formula is C17H21N3O4. The maximum atomic E-state index is 12.1. The zero-order chi connectivity index (χ0) is 17.5. The average molecular weight is 331 g/mol. The summed E-state index contributed by atoms with van der Waals surface area (Å²) in [5.74, 6) is 1.43. The van der Waals surface area contributed by atoms with Gasteiger partial charge in [-0.15, -0.1) is 0 Å². The molecule has 0 aliphatic rings. The molecule has 1 aromatic carbocycles. The molecule has 0 fully saturated rings. The molecule has 1 heterocycles. The van der Waals surface area contributed by atoms with Crippen LogP contribution in [-0.2, 0) is 6.42 Å². The number of nitrogens with one attached hydrogen (secondary N) is 1. The lowest BCUT2D eigenvalue weighted by molar-refractivity contribution is 0.0915. The molecule has 0 saturated carbocycles. The van der Waals surface area contributed by atoms with Crippen LogP contribution in [-0.4, -0.2) is 41.7 Å². The number of carbonyl (C=O) groups is 1. The monoisotopic (exact) mass is 331 g/mol. The average Bonchev–Trinajstić information content (AvgIpc) is 2.65. The lowest BCUT2D eigenvalue weighted by Crippen LogP contribution is -2.28. The van der Waals surface area contributed by atoms with Crippen LogP contribution in [0.3, 0.4) is 0 Å². The standard InChI is InChI=1S/C17H21N3O4/c1-4-16-18-8-12(9-19-16)17(22)20-10-13(21)11-5-6-14(23-2)15(7-11)24-3/h5-9,13,21H,4,10H2,1-3H3,(H,20,22). The van der Waals surface area contributed by atoms with Crippen molar-refractivity contribution in [2.45, 2.75) is 19.4 Å². The van der Waals surface area contributed by atoms with Gasteiger partial charge >= 0.3 is 0 Å². The number of aromatic nitrogens is 2. The van der Waals surface area contributed by atoms with Crippen LogP contribution < -0.4 is 14.8 Å². The highest BCUT2D eigenvalue weighted by Crippen LogP contribution is 2.29. The zero-order valence-corrected chi connectivity index (χ0v) is 13.9. The summed E-state index contributed by atoms with van der Waals surface area (Å²) in [6, 6.07) is 5.10. The molecule has 0 spiro atoms. The molecule has 2 N–H and O–H groups in total. The fourth-order valence-electron chi connectivity index (χ4n) is 2.12. The number of carbonyl (C=O) groups excluding carboxylic acids is 1. The summed E-state index contributed by atoms with van der Waals surface area (Å²) in [6.45, 7) is 2.00.